The van der Waals surface area contributed by atoms with Crippen LogP contribution in [0.3, 0.4) is 0 Å². The van der Waals surface area contributed by atoms with Crippen molar-refractivity contribution in [2.75, 3.05) is 18.4 Å². The van der Waals surface area contributed by atoms with Gasteiger partial charge in [0.15, 0.2) is 0 Å². The van der Waals surface area contributed by atoms with Crippen molar-refractivity contribution >= 4 is 39.9 Å². The third-order valence-corrected chi connectivity index (χ3v) is 6.28. The highest BCUT2D eigenvalue weighted by atomic mass is 35.5. The molecule has 1 saturated heterocycles. The number of nitrogens with zero attached hydrogens (tertiary/aromatic N) is 3. The van der Waals surface area contributed by atoms with Crippen LogP contribution in [-0.2, 0) is 11.2 Å². The van der Waals surface area contributed by atoms with Crippen molar-refractivity contribution in [2.24, 2.45) is 5.92 Å². The van der Waals surface area contributed by atoms with E-state index in [1.54, 1.807) is 11.0 Å². The van der Waals surface area contributed by atoms with E-state index in [2.05, 4.69) is 15.5 Å². The number of halogens is 2. The quantitative estimate of drug-likeness (QED) is 0.614. The van der Waals surface area contributed by atoms with E-state index in [1.165, 1.54) is 29.5 Å². The zero-order valence-electron chi connectivity index (χ0n) is 16.6. The SMILES string of the molecule is O=C(Nc1nnc(Cc2ccc(Cl)cc2)s1)C1CCN(C(=O)c2cccc(F)c2)CC1. The van der Waals surface area contributed by atoms with Gasteiger partial charge in [-0.1, -0.05) is 41.1 Å². The monoisotopic (exact) mass is 458 g/mol. The van der Waals surface area contributed by atoms with Crippen LogP contribution >= 0.6 is 22.9 Å². The number of amides is 2. The van der Waals surface area contributed by atoms with Gasteiger partial charge in [-0.2, -0.15) is 0 Å². The molecular weight excluding hydrogens is 439 g/mol. The summed E-state index contributed by atoms with van der Waals surface area (Å²) in [6, 6.07) is 13.2. The number of benzene rings is 2. The van der Waals surface area contributed by atoms with Gasteiger partial charge < -0.3 is 10.2 Å². The molecule has 1 aliphatic heterocycles. The standard InChI is InChI=1S/C22H20ClFN4O2S/c23-17-6-4-14(5-7-17)12-19-26-27-22(31-19)25-20(29)15-8-10-28(11-9-15)21(30)16-2-1-3-18(24)13-16/h1-7,13,15H,8-12H2,(H,25,27,29). The van der Waals surface area contributed by atoms with Crippen LogP contribution in [-0.4, -0.2) is 40.0 Å². The average molecular weight is 459 g/mol. The summed E-state index contributed by atoms with van der Waals surface area (Å²) in [6.45, 7) is 0.900. The molecule has 2 amide bonds. The van der Waals surface area contributed by atoms with Crippen molar-refractivity contribution in [3.63, 3.8) is 0 Å². The Hall–Kier alpha value is -2.84. The first kappa shape index (κ1) is 21.4. The van der Waals surface area contributed by atoms with Gasteiger partial charge in [-0.25, -0.2) is 4.39 Å². The van der Waals surface area contributed by atoms with Crippen LogP contribution in [0.1, 0.15) is 33.8 Å². The molecule has 1 aliphatic rings. The zero-order valence-corrected chi connectivity index (χ0v) is 18.1. The van der Waals surface area contributed by atoms with Crippen LogP contribution in [0.2, 0.25) is 5.02 Å². The molecule has 31 heavy (non-hydrogen) atoms. The summed E-state index contributed by atoms with van der Waals surface area (Å²) in [6.07, 6.45) is 1.71. The third-order valence-electron chi connectivity index (χ3n) is 5.19. The maximum atomic E-state index is 13.4. The van der Waals surface area contributed by atoms with Crippen LogP contribution in [0, 0.1) is 11.7 Å². The van der Waals surface area contributed by atoms with Crippen LogP contribution < -0.4 is 5.32 Å². The van der Waals surface area contributed by atoms with Gasteiger partial charge in [0, 0.05) is 36.0 Å². The lowest BCUT2D eigenvalue weighted by Gasteiger charge is -2.31. The maximum absolute atomic E-state index is 13.4. The van der Waals surface area contributed by atoms with E-state index in [1.807, 2.05) is 24.3 Å². The molecule has 0 aliphatic carbocycles. The third kappa shape index (κ3) is 5.45. The van der Waals surface area contributed by atoms with Crippen LogP contribution in [0.5, 0.6) is 0 Å². The molecule has 2 heterocycles. The average Bonchev–Trinajstić information content (AvgIpc) is 3.21. The van der Waals surface area contributed by atoms with E-state index in [0.29, 0.717) is 48.1 Å². The number of piperidine rings is 1. The lowest BCUT2D eigenvalue weighted by molar-refractivity contribution is -0.121. The van der Waals surface area contributed by atoms with E-state index < -0.39 is 5.82 Å². The van der Waals surface area contributed by atoms with Gasteiger partial charge >= 0.3 is 0 Å². The first-order valence-electron chi connectivity index (χ1n) is 9.90. The Morgan fingerprint density at radius 1 is 1.13 bits per heavy atom. The molecular formula is C22H20ClFN4O2S. The molecule has 6 nitrogen and oxygen atoms in total. The Balaban J connectivity index is 1.29. The predicted molar refractivity (Wildman–Crippen MR) is 118 cm³/mol. The molecule has 0 atom stereocenters. The lowest BCUT2D eigenvalue weighted by atomic mass is 9.95. The second-order valence-corrected chi connectivity index (χ2v) is 8.87. The fourth-order valence-corrected chi connectivity index (χ4v) is 4.41. The van der Waals surface area contributed by atoms with Crippen molar-refractivity contribution in [2.45, 2.75) is 19.3 Å². The van der Waals surface area contributed by atoms with Crippen LogP contribution in [0.25, 0.3) is 0 Å². The summed E-state index contributed by atoms with van der Waals surface area (Å²) in [5.41, 5.74) is 1.39. The smallest absolute Gasteiger partial charge is 0.253 e. The summed E-state index contributed by atoms with van der Waals surface area (Å²) in [4.78, 5) is 26.8. The number of hydrogen-bond donors (Lipinski definition) is 1. The number of likely N-dealkylation sites (tertiary alicyclic amines) is 1. The Morgan fingerprint density at radius 2 is 1.87 bits per heavy atom. The largest absolute Gasteiger partial charge is 0.339 e. The molecule has 1 aromatic heterocycles. The molecule has 4 rings (SSSR count). The van der Waals surface area contributed by atoms with Gasteiger partial charge in [-0.3, -0.25) is 9.59 Å². The maximum Gasteiger partial charge on any atom is 0.253 e. The summed E-state index contributed by atoms with van der Waals surface area (Å²) in [5, 5.41) is 13.0. The van der Waals surface area contributed by atoms with Gasteiger partial charge in [0.05, 0.1) is 0 Å². The Labute approximate surface area is 188 Å². The predicted octanol–water partition coefficient (Wildman–Crippen LogP) is 4.41. The van der Waals surface area contributed by atoms with Crippen molar-refractivity contribution in [3.05, 3.63) is 75.5 Å². The van der Waals surface area contributed by atoms with E-state index in [4.69, 9.17) is 11.6 Å². The van der Waals surface area contributed by atoms with Gasteiger partial charge in [0.2, 0.25) is 11.0 Å². The summed E-state index contributed by atoms with van der Waals surface area (Å²) < 4.78 is 13.4. The zero-order chi connectivity index (χ0) is 21.8. The molecule has 2 aromatic carbocycles. The molecule has 0 bridgehead atoms. The highest BCUT2D eigenvalue weighted by molar-refractivity contribution is 7.15. The number of hydrogen-bond acceptors (Lipinski definition) is 5. The van der Waals surface area contributed by atoms with Gasteiger partial charge in [-0.05, 0) is 48.7 Å². The highest BCUT2D eigenvalue weighted by Gasteiger charge is 2.28. The lowest BCUT2D eigenvalue weighted by Crippen LogP contribution is -2.41. The second-order valence-electron chi connectivity index (χ2n) is 7.37. The minimum absolute atomic E-state index is 0.118. The fraction of sp³-hybridized carbons (Fsp3) is 0.273. The van der Waals surface area contributed by atoms with Crippen molar-refractivity contribution < 1.29 is 14.0 Å². The van der Waals surface area contributed by atoms with E-state index in [-0.39, 0.29) is 17.7 Å². The van der Waals surface area contributed by atoms with Crippen LogP contribution in [0.15, 0.2) is 48.5 Å². The first-order valence-corrected chi connectivity index (χ1v) is 11.1. The minimum atomic E-state index is -0.437. The van der Waals surface area contributed by atoms with Crippen molar-refractivity contribution in [1.29, 1.82) is 0 Å². The number of carbonyl (C=O) groups excluding carboxylic acids is 2. The first-order chi connectivity index (χ1) is 15.0. The Kier molecular flexibility index (Phi) is 6.58. The second kappa shape index (κ2) is 9.53. The van der Waals surface area contributed by atoms with Crippen molar-refractivity contribution in [1.82, 2.24) is 15.1 Å². The number of nitrogens with one attached hydrogen (secondary N) is 1. The molecule has 160 valence electrons. The molecule has 0 spiro atoms. The van der Waals surface area contributed by atoms with Gasteiger partial charge in [0.1, 0.15) is 10.8 Å². The van der Waals surface area contributed by atoms with Crippen molar-refractivity contribution in [3.8, 4) is 0 Å². The van der Waals surface area contributed by atoms with E-state index >= 15 is 0 Å². The molecule has 9 heteroatoms. The van der Waals surface area contributed by atoms with Crippen LogP contribution in [0.4, 0.5) is 9.52 Å². The molecule has 0 saturated carbocycles. The number of aromatic nitrogens is 2. The fourth-order valence-electron chi connectivity index (χ4n) is 3.51. The number of carbonyl (C=O) groups is 2. The summed E-state index contributed by atoms with van der Waals surface area (Å²) >= 11 is 7.25. The number of rotatable bonds is 5. The molecule has 0 unspecified atom stereocenters. The molecule has 0 radical (unpaired) electrons. The number of anilines is 1. The normalized spacial score (nSPS) is 14.5. The van der Waals surface area contributed by atoms with Gasteiger partial charge in [0.25, 0.3) is 5.91 Å². The highest BCUT2D eigenvalue weighted by Crippen LogP contribution is 2.24. The Morgan fingerprint density at radius 3 is 2.58 bits per heavy atom. The van der Waals surface area contributed by atoms with E-state index in [0.717, 1.165) is 10.6 Å². The summed E-state index contributed by atoms with van der Waals surface area (Å²) in [7, 11) is 0. The minimum Gasteiger partial charge on any atom is -0.339 e. The Bertz CT molecular complexity index is 1080. The molecule has 1 N–H and O–H groups in total. The van der Waals surface area contributed by atoms with Gasteiger partial charge in [-0.15, -0.1) is 10.2 Å². The van der Waals surface area contributed by atoms with E-state index in [9.17, 15) is 14.0 Å². The molecule has 3 aromatic rings. The summed E-state index contributed by atoms with van der Waals surface area (Å²) in [5.74, 6) is -0.978. The topological polar surface area (TPSA) is 75.2 Å². The molecule has 1 fully saturated rings.